The molecule has 2 N–H and O–H groups in total. The Morgan fingerprint density at radius 3 is 1.82 bits per heavy atom. The van der Waals surface area contributed by atoms with Crippen molar-refractivity contribution in [3.05, 3.63) is 84.4 Å². The molecule has 1 fully saturated rings. The van der Waals surface area contributed by atoms with Gasteiger partial charge in [0.05, 0.1) is 25.9 Å². The number of aliphatic hydroxyl groups is 2. The van der Waals surface area contributed by atoms with Crippen LogP contribution in [0.15, 0.2) is 73.3 Å². The monoisotopic (exact) mass is 384 g/mol. The normalized spacial score (nSPS) is 27.4. The van der Waals surface area contributed by atoms with E-state index >= 15 is 0 Å². The van der Waals surface area contributed by atoms with Crippen LogP contribution in [0.1, 0.15) is 17.5 Å². The largest absolute Gasteiger partial charge is 0.394 e. The third-order valence-electron chi connectivity index (χ3n) is 4.91. The summed E-state index contributed by atoms with van der Waals surface area (Å²) in [6.45, 7) is 4.20. The molecule has 2 aromatic carbocycles. The fraction of sp³-hybridized carbons (Fsp3) is 0.391. The summed E-state index contributed by atoms with van der Waals surface area (Å²) in [6.07, 6.45) is -0.976. The first kappa shape index (κ1) is 20.7. The van der Waals surface area contributed by atoms with Gasteiger partial charge in [-0.25, -0.2) is 0 Å². The zero-order chi connectivity index (χ0) is 19.8. The van der Waals surface area contributed by atoms with Gasteiger partial charge >= 0.3 is 0 Å². The Hall–Kier alpha value is -2.02. The summed E-state index contributed by atoms with van der Waals surface area (Å²) in [6, 6.07) is 19.5. The van der Waals surface area contributed by atoms with Crippen LogP contribution in [0.5, 0.6) is 0 Å². The van der Waals surface area contributed by atoms with Gasteiger partial charge in [-0.1, -0.05) is 66.7 Å². The Labute approximate surface area is 166 Å². The maximum atomic E-state index is 11.0. The highest BCUT2D eigenvalue weighted by Crippen LogP contribution is 2.29. The van der Waals surface area contributed by atoms with Gasteiger partial charge in [-0.3, -0.25) is 0 Å². The van der Waals surface area contributed by atoms with Crippen LogP contribution in [0, 0.1) is 0 Å². The van der Waals surface area contributed by atoms with E-state index in [-0.39, 0.29) is 6.61 Å². The smallest absolute Gasteiger partial charge is 0.115 e. The molecule has 3 rings (SSSR count). The second-order valence-corrected chi connectivity index (χ2v) is 6.93. The summed E-state index contributed by atoms with van der Waals surface area (Å²) in [5.41, 5.74) is 2.00. The van der Waals surface area contributed by atoms with E-state index in [9.17, 15) is 10.2 Å². The van der Waals surface area contributed by atoms with Crippen LogP contribution >= 0.6 is 0 Å². The van der Waals surface area contributed by atoms with Gasteiger partial charge in [-0.15, -0.1) is 6.58 Å². The third-order valence-corrected chi connectivity index (χ3v) is 4.91. The van der Waals surface area contributed by atoms with E-state index in [1.807, 2.05) is 60.7 Å². The molecule has 0 unspecified atom stereocenters. The second-order valence-electron chi connectivity index (χ2n) is 6.93. The molecule has 28 heavy (non-hydrogen) atoms. The lowest BCUT2D eigenvalue weighted by Crippen LogP contribution is -2.60. The molecule has 0 radical (unpaired) electrons. The first-order valence-electron chi connectivity index (χ1n) is 9.59. The fourth-order valence-electron chi connectivity index (χ4n) is 3.45. The van der Waals surface area contributed by atoms with Crippen molar-refractivity contribution in [1.82, 2.24) is 0 Å². The molecule has 150 valence electrons. The Morgan fingerprint density at radius 1 is 0.857 bits per heavy atom. The Bertz CT molecular complexity index is 705. The van der Waals surface area contributed by atoms with Crippen LogP contribution < -0.4 is 0 Å². The van der Waals surface area contributed by atoms with Crippen LogP contribution in [0.4, 0.5) is 0 Å². The molecule has 0 spiro atoms. The highest BCUT2D eigenvalue weighted by molar-refractivity contribution is 5.14. The summed E-state index contributed by atoms with van der Waals surface area (Å²) < 4.78 is 18.0. The number of ether oxygens (including phenoxy) is 3. The van der Waals surface area contributed by atoms with Gasteiger partial charge in [0.25, 0.3) is 0 Å². The molecule has 1 heterocycles. The van der Waals surface area contributed by atoms with Crippen LogP contribution in [-0.4, -0.2) is 47.3 Å². The van der Waals surface area contributed by atoms with Crippen molar-refractivity contribution in [1.29, 1.82) is 0 Å². The molecule has 1 aliphatic heterocycles. The molecule has 5 heteroatoms. The molecule has 5 atom stereocenters. The minimum Gasteiger partial charge on any atom is -0.394 e. The molecule has 1 aliphatic rings. The van der Waals surface area contributed by atoms with Gasteiger partial charge in [-0.05, 0) is 17.5 Å². The van der Waals surface area contributed by atoms with Crippen molar-refractivity contribution in [2.75, 3.05) is 6.61 Å². The predicted molar refractivity (Wildman–Crippen MR) is 107 cm³/mol. The summed E-state index contributed by atoms with van der Waals surface area (Å²) in [5, 5.41) is 20.8. The van der Waals surface area contributed by atoms with Gasteiger partial charge in [0.2, 0.25) is 0 Å². The number of hydrogen-bond donors (Lipinski definition) is 2. The SMILES string of the molecule is C=CC[C@H]1O[C@H](CO)[C@@H](OCc2ccccc2)[C@H](O)[C@H]1OCc1ccccc1. The fourth-order valence-corrected chi connectivity index (χ4v) is 3.45. The first-order valence-corrected chi connectivity index (χ1v) is 9.59. The van der Waals surface area contributed by atoms with Crippen molar-refractivity contribution in [2.24, 2.45) is 0 Å². The van der Waals surface area contributed by atoms with E-state index in [4.69, 9.17) is 14.2 Å². The van der Waals surface area contributed by atoms with Crippen molar-refractivity contribution < 1.29 is 24.4 Å². The third kappa shape index (κ3) is 5.28. The average molecular weight is 384 g/mol. The van der Waals surface area contributed by atoms with Crippen LogP contribution in [-0.2, 0) is 27.4 Å². The number of benzene rings is 2. The van der Waals surface area contributed by atoms with Gasteiger partial charge in [0.1, 0.15) is 24.4 Å². The zero-order valence-electron chi connectivity index (χ0n) is 15.9. The van der Waals surface area contributed by atoms with E-state index in [2.05, 4.69) is 6.58 Å². The summed E-state index contributed by atoms with van der Waals surface area (Å²) in [4.78, 5) is 0. The molecule has 1 saturated heterocycles. The van der Waals surface area contributed by atoms with Crippen molar-refractivity contribution in [3.63, 3.8) is 0 Å². The Balaban J connectivity index is 1.70. The van der Waals surface area contributed by atoms with Gasteiger partial charge in [-0.2, -0.15) is 0 Å². The van der Waals surface area contributed by atoms with Crippen molar-refractivity contribution in [2.45, 2.75) is 50.2 Å². The molecule has 0 aliphatic carbocycles. The van der Waals surface area contributed by atoms with Crippen LogP contribution in [0.25, 0.3) is 0 Å². The van der Waals surface area contributed by atoms with Crippen molar-refractivity contribution >= 4 is 0 Å². The van der Waals surface area contributed by atoms with Crippen LogP contribution in [0.3, 0.4) is 0 Å². The second kappa shape index (κ2) is 10.5. The Morgan fingerprint density at radius 2 is 1.36 bits per heavy atom. The maximum Gasteiger partial charge on any atom is 0.115 e. The molecule has 0 bridgehead atoms. The molecule has 0 saturated carbocycles. The minimum absolute atomic E-state index is 0.241. The number of hydrogen-bond acceptors (Lipinski definition) is 5. The predicted octanol–water partition coefficient (Wildman–Crippen LogP) is 2.85. The lowest BCUT2D eigenvalue weighted by atomic mass is 9.93. The molecular formula is C23H28O5. The van der Waals surface area contributed by atoms with E-state index in [1.54, 1.807) is 6.08 Å². The maximum absolute atomic E-state index is 11.0. The van der Waals surface area contributed by atoms with Gasteiger partial charge in [0, 0.05) is 0 Å². The summed E-state index contributed by atoms with van der Waals surface area (Å²) >= 11 is 0. The lowest BCUT2D eigenvalue weighted by molar-refractivity contribution is -0.256. The van der Waals surface area contributed by atoms with E-state index in [1.165, 1.54) is 0 Å². The number of rotatable bonds is 9. The molecule has 5 nitrogen and oxygen atoms in total. The van der Waals surface area contributed by atoms with E-state index in [0.29, 0.717) is 19.6 Å². The summed E-state index contributed by atoms with van der Waals surface area (Å²) in [5.74, 6) is 0. The quantitative estimate of drug-likeness (QED) is 0.651. The molecular weight excluding hydrogens is 356 g/mol. The minimum atomic E-state index is -0.928. The standard InChI is InChI=1S/C23H28O5/c1-2-9-19-22(26-15-17-10-5-3-6-11-17)21(25)23(20(14-24)28-19)27-16-18-12-7-4-8-13-18/h2-8,10-13,19-25H,1,9,14-16H2/t19-,20-,21-,22+,23-/m1/s1. The number of aliphatic hydroxyl groups excluding tert-OH is 2. The van der Waals surface area contributed by atoms with Gasteiger partial charge < -0.3 is 24.4 Å². The van der Waals surface area contributed by atoms with Gasteiger partial charge in [0.15, 0.2) is 0 Å². The average Bonchev–Trinajstić information content (AvgIpc) is 2.74. The molecule has 0 aromatic heterocycles. The van der Waals surface area contributed by atoms with E-state index in [0.717, 1.165) is 11.1 Å². The molecule has 2 aromatic rings. The van der Waals surface area contributed by atoms with Crippen LogP contribution in [0.2, 0.25) is 0 Å². The van der Waals surface area contributed by atoms with E-state index < -0.39 is 30.5 Å². The Kier molecular flexibility index (Phi) is 7.77. The zero-order valence-corrected chi connectivity index (χ0v) is 15.9. The highest BCUT2D eigenvalue weighted by atomic mass is 16.6. The van der Waals surface area contributed by atoms with Crippen molar-refractivity contribution in [3.8, 4) is 0 Å². The highest BCUT2D eigenvalue weighted by Gasteiger charge is 2.45. The lowest BCUT2D eigenvalue weighted by Gasteiger charge is -2.44. The first-order chi connectivity index (χ1) is 13.7. The molecule has 0 amide bonds. The summed E-state index contributed by atoms with van der Waals surface area (Å²) in [7, 11) is 0. The topological polar surface area (TPSA) is 68.2 Å².